The molecule has 154 valence electrons. The van der Waals surface area contributed by atoms with Gasteiger partial charge in [0.25, 0.3) is 0 Å². The third kappa shape index (κ3) is 6.88. The first-order valence-electron chi connectivity index (χ1n) is 9.38. The smallest absolute Gasteiger partial charge is 0.191 e. The molecule has 0 aliphatic carbocycles. The largest absolute Gasteiger partial charge is 0.379 e. The molecule has 1 aromatic carbocycles. The molecule has 8 heteroatoms. The summed E-state index contributed by atoms with van der Waals surface area (Å²) < 4.78 is 5.53. The zero-order chi connectivity index (χ0) is 18.9. The molecule has 2 heterocycles. The first kappa shape index (κ1) is 23.4. The molecule has 2 aromatic rings. The fraction of sp³-hybridized carbons (Fsp3) is 0.450. The van der Waals surface area contributed by atoms with Crippen LogP contribution < -0.4 is 10.6 Å². The van der Waals surface area contributed by atoms with E-state index in [9.17, 15) is 0 Å². The maximum atomic E-state index is 6.51. The van der Waals surface area contributed by atoms with Crippen LogP contribution in [0.4, 0.5) is 0 Å². The fourth-order valence-corrected chi connectivity index (χ4v) is 4.05. The highest BCUT2D eigenvalue weighted by molar-refractivity contribution is 14.0. The molecule has 5 nitrogen and oxygen atoms in total. The monoisotopic (exact) mass is 534 g/mol. The minimum Gasteiger partial charge on any atom is -0.379 e. The number of ether oxygens (including phenoxy) is 1. The van der Waals surface area contributed by atoms with Crippen molar-refractivity contribution in [3.05, 3.63) is 57.2 Å². The molecule has 0 bridgehead atoms. The first-order chi connectivity index (χ1) is 13.3. The van der Waals surface area contributed by atoms with Crippen molar-refractivity contribution < 1.29 is 4.74 Å². The van der Waals surface area contributed by atoms with E-state index in [1.54, 1.807) is 11.3 Å². The van der Waals surface area contributed by atoms with Crippen LogP contribution in [-0.2, 0) is 11.3 Å². The zero-order valence-corrected chi connectivity index (χ0v) is 20.0. The highest BCUT2D eigenvalue weighted by atomic mass is 127. The summed E-state index contributed by atoms with van der Waals surface area (Å²) in [7, 11) is 0. The third-order valence-electron chi connectivity index (χ3n) is 4.53. The topological polar surface area (TPSA) is 48.9 Å². The van der Waals surface area contributed by atoms with Crippen LogP contribution in [-0.4, -0.2) is 50.3 Å². The predicted molar refractivity (Wildman–Crippen MR) is 129 cm³/mol. The SMILES string of the molecule is CCNC(=NCc1cccs1)NCC(c1ccccc1Cl)N1CCOCC1.I. The second-order valence-electron chi connectivity index (χ2n) is 6.34. The van der Waals surface area contributed by atoms with Gasteiger partial charge in [0.2, 0.25) is 0 Å². The van der Waals surface area contributed by atoms with Crippen LogP contribution in [0.25, 0.3) is 0 Å². The molecule has 0 amide bonds. The van der Waals surface area contributed by atoms with E-state index in [2.05, 4.69) is 46.0 Å². The van der Waals surface area contributed by atoms with Gasteiger partial charge in [-0.1, -0.05) is 35.9 Å². The summed E-state index contributed by atoms with van der Waals surface area (Å²) in [6, 6.07) is 12.4. The Hall–Kier alpha value is -0.870. The standard InChI is InChI=1S/C20H27ClN4OS.HI/c1-2-22-20(23-14-16-6-5-13-27-16)24-15-19(25-9-11-26-12-10-25)17-7-3-4-8-18(17)21;/h3-8,13,19H,2,9-12,14-15H2,1H3,(H2,22,23,24);1H. The number of morpholine rings is 1. The van der Waals surface area contributed by atoms with Crippen LogP contribution >= 0.6 is 46.9 Å². The Morgan fingerprint density at radius 3 is 2.68 bits per heavy atom. The molecule has 2 N–H and O–H groups in total. The number of rotatable bonds is 7. The Balaban J connectivity index is 0.00000280. The summed E-state index contributed by atoms with van der Waals surface area (Å²) in [4.78, 5) is 8.40. The number of aliphatic imine (C=N–C) groups is 1. The van der Waals surface area contributed by atoms with Crippen LogP contribution in [0.3, 0.4) is 0 Å². The van der Waals surface area contributed by atoms with Crippen LogP contribution in [0.15, 0.2) is 46.8 Å². The normalized spacial score (nSPS) is 16.3. The molecule has 1 unspecified atom stereocenters. The average Bonchev–Trinajstić information content (AvgIpc) is 3.22. The van der Waals surface area contributed by atoms with Crippen molar-refractivity contribution >= 4 is 52.9 Å². The minimum absolute atomic E-state index is 0. The van der Waals surface area contributed by atoms with Crippen molar-refractivity contribution in [3.8, 4) is 0 Å². The van der Waals surface area contributed by atoms with Gasteiger partial charge in [-0.05, 0) is 30.0 Å². The lowest BCUT2D eigenvalue weighted by Gasteiger charge is -2.35. The number of thiophene rings is 1. The van der Waals surface area contributed by atoms with Crippen LogP contribution in [0.2, 0.25) is 5.02 Å². The molecule has 0 spiro atoms. The van der Waals surface area contributed by atoms with E-state index in [-0.39, 0.29) is 30.0 Å². The summed E-state index contributed by atoms with van der Waals surface area (Å²) >= 11 is 8.24. The summed E-state index contributed by atoms with van der Waals surface area (Å²) in [6.45, 7) is 7.64. The van der Waals surface area contributed by atoms with E-state index in [4.69, 9.17) is 21.3 Å². The van der Waals surface area contributed by atoms with Crippen LogP contribution in [0.1, 0.15) is 23.4 Å². The zero-order valence-electron chi connectivity index (χ0n) is 16.1. The lowest BCUT2D eigenvalue weighted by molar-refractivity contribution is 0.0170. The van der Waals surface area contributed by atoms with Crippen molar-refractivity contribution in [2.24, 2.45) is 4.99 Å². The quantitative estimate of drug-likeness (QED) is 0.318. The van der Waals surface area contributed by atoms with E-state index >= 15 is 0 Å². The third-order valence-corrected chi connectivity index (χ3v) is 5.74. The van der Waals surface area contributed by atoms with E-state index in [1.165, 1.54) is 4.88 Å². The van der Waals surface area contributed by atoms with Gasteiger partial charge in [0, 0.05) is 36.1 Å². The van der Waals surface area contributed by atoms with Gasteiger partial charge in [0.05, 0.1) is 25.8 Å². The summed E-state index contributed by atoms with van der Waals surface area (Å²) in [5, 5.41) is 9.73. The Bertz CT molecular complexity index is 723. The van der Waals surface area contributed by atoms with Crippen molar-refractivity contribution in [2.45, 2.75) is 19.5 Å². The number of hydrogen-bond donors (Lipinski definition) is 2. The second kappa shape index (κ2) is 12.6. The summed E-state index contributed by atoms with van der Waals surface area (Å²) in [6.07, 6.45) is 0. The highest BCUT2D eigenvalue weighted by Crippen LogP contribution is 2.27. The van der Waals surface area contributed by atoms with Gasteiger partial charge in [0.15, 0.2) is 5.96 Å². The lowest BCUT2D eigenvalue weighted by Crippen LogP contribution is -2.46. The Morgan fingerprint density at radius 1 is 1.21 bits per heavy atom. The molecule has 1 aromatic heterocycles. The van der Waals surface area contributed by atoms with Crippen molar-refractivity contribution in [1.29, 1.82) is 0 Å². The highest BCUT2D eigenvalue weighted by Gasteiger charge is 2.24. The number of nitrogens with one attached hydrogen (secondary N) is 2. The van der Waals surface area contributed by atoms with Crippen LogP contribution in [0, 0.1) is 0 Å². The number of benzene rings is 1. The number of guanidine groups is 1. The van der Waals surface area contributed by atoms with E-state index in [0.717, 1.165) is 55.9 Å². The van der Waals surface area contributed by atoms with Gasteiger partial charge in [-0.15, -0.1) is 35.3 Å². The van der Waals surface area contributed by atoms with Gasteiger partial charge >= 0.3 is 0 Å². The molecule has 0 radical (unpaired) electrons. The molecule has 3 rings (SSSR count). The summed E-state index contributed by atoms with van der Waals surface area (Å²) in [5.41, 5.74) is 1.14. The molecule has 1 saturated heterocycles. The van der Waals surface area contributed by atoms with Gasteiger partial charge in [-0.25, -0.2) is 4.99 Å². The maximum absolute atomic E-state index is 6.51. The fourth-order valence-electron chi connectivity index (χ4n) is 3.16. The maximum Gasteiger partial charge on any atom is 0.191 e. The molecular formula is C20H28ClIN4OS. The molecule has 1 aliphatic rings. The predicted octanol–water partition coefficient (Wildman–Crippen LogP) is 4.15. The Labute approximate surface area is 193 Å². The molecular weight excluding hydrogens is 507 g/mol. The van der Waals surface area contributed by atoms with Gasteiger partial charge in [-0.2, -0.15) is 0 Å². The molecule has 1 atom stereocenters. The van der Waals surface area contributed by atoms with Crippen molar-refractivity contribution in [2.75, 3.05) is 39.4 Å². The molecule has 28 heavy (non-hydrogen) atoms. The van der Waals surface area contributed by atoms with Gasteiger partial charge in [0.1, 0.15) is 0 Å². The lowest BCUT2D eigenvalue weighted by atomic mass is 10.0. The molecule has 0 saturated carbocycles. The van der Waals surface area contributed by atoms with E-state index in [1.807, 2.05) is 18.2 Å². The number of nitrogens with zero attached hydrogens (tertiary/aromatic N) is 2. The molecule has 1 aliphatic heterocycles. The minimum atomic E-state index is 0. The van der Waals surface area contributed by atoms with E-state index in [0.29, 0.717) is 6.54 Å². The number of hydrogen-bond acceptors (Lipinski definition) is 4. The number of halogens is 2. The first-order valence-corrected chi connectivity index (χ1v) is 10.6. The van der Waals surface area contributed by atoms with Crippen molar-refractivity contribution in [3.63, 3.8) is 0 Å². The van der Waals surface area contributed by atoms with Crippen LogP contribution in [0.5, 0.6) is 0 Å². The van der Waals surface area contributed by atoms with E-state index < -0.39 is 0 Å². The van der Waals surface area contributed by atoms with Crippen molar-refractivity contribution in [1.82, 2.24) is 15.5 Å². The second-order valence-corrected chi connectivity index (χ2v) is 7.78. The Morgan fingerprint density at radius 2 is 2.00 bits per heavy atom. The summed E-state index contributed by atoms with van der Waals surface area (Å²) in [5.74, 6) is 0.830. The van der Waals surface area contributed by atoms with Gasteiger partial charge < -0.3 is 15.4 Å². The Kier molecular flexibility index (Phi) is 10.6. The van der Waals surface area contributed by atoms with Gasteiger partial charge in [-0.3, -0.25) is 4.90 Å². The molecule has 1 fully saturated rings. The average molecular weight is 535 g/mol.